The molecule has 0 saturated carbocycles. The molecule has 3 heterocycles. The van der Waals surface area contributed by atoms with E-state index in [-0.39, 0.29) is 11.9 Å². The molecule has 1 amide bonds. The summed E-state index contributed by atoms with van der Waals surface area (Å²) in [6.45, 7) is 1.39. The topological polar surface area (TPSA) is 85.9 Å². The minimum atomic E-state index is -0.178. The molecule has 0 unspecified atom stereocenters. The SMILES string of the molecule is O=C(NNc1ccccc1)c1ccc(CN(Cc2nccc3c2[nH]c2ccccc23)[C@H]2CCCc3cccnc32)cc1. The quantitative estimate of drug-likeness (QED) is 0.178. The Kier molecular flexibility index (Phi) is 7.08. The Bertz CT molecular complexity index is 1850. The number of carbonyl (C=O) groups is 1. The van der Waals surface area contributed by atoms with Gasteiger partial charge in [0.05, 0.1) is 28.6 Å². The van der Waals surface area contributed by atoms with Crippen LogP contribution in [0.5, 0.6) is 0 Å². The van der Waals surface area contributed by atoms with E-state index in [2.05, 4.69) is 57.1 Å². The van der Waals surface area contributed by atoms with Crippen molar-refractivity contribution < 1.29 is 4.79 Å². The predicted molar refractivity (Wildman–Crippen MR) is 167 cm³/mol. The number of anilines is 1. The van der Waals surface area contributed by atoms with Crippen LogP contribution >= 0.6 is 0 Å². The van der Waals surface area contributed by atoms with Crippen molar-refractivity contribution >= 4 is 33.4 Å². The molecule has 3 aromatic heterocycles. The summed E-state index contributed by atoms with van der Waals surface area (Å²) in [4.78, 5) is 28.6. The van der Waals surface area contributed by atoms with Gasteiger partial charge >= 0.3 is 0 Å². The minimum Gasteiger partial charge on any atom is -0.353 e. The molecular formula is C35H32N6O. The Morgan fingerprint density at radius 3 is 2.55 bits per heavy atom. The van der Waals surface area contributed by atoms with Gasteiger partial charge in [0.15, 0.2) is 0 Å². The van der Waals surface area contributed by atoms with Crippen LogP contribution in [-0.4, -0.2) is 25.8 Å². The van der Waals surface area contributed by atoms with Crippen LogP contribution in [0.25, 0.3) is 21.8 Å². The largest absolute Gasteiger partial charge is 0.353 e. The summed E-state index contributed by atoms with van der Waals surface area (Å²) in [6, 6.07) is 32.4. The first-order chi connectivity index (χ1) is 20.7. The number of H-pyrrole nitrogens is 1. The maximum absolute atomic E-state index is 12.8. The number of nitrogens with zero attached hydrogens (tertiary/aromatic N) is 3. The number of amides is 1. The van der Waals surface area contributed by atoms with E-state index in [1.54, 1.807) is 0 Å². The fourth-order valence-electron chi connectivity index (χ4n) is 6.08. The van der Waals surface area contributed by atoms with E-state index >= 15 is 0 Å². The number of hydrogen-bond donors (Lipinski definition) is 3. The van der Waals surface area contributed by atoms with Gasteiger partial charge in [-0.3, -0.25) is 30.5 Å². The standard InChI is InChI=1S/C35H32N6O/c42-35(40-39-27-10-2-1-3-11-27)26-17-15-24(16-18-26)22-41(32-14-6-8-25-9-7-20-37-33(25)32)23-31-34-29(19-21-36-31)28-12-4-5-13-30(28)38-34/h1-5,7,9-13,15-21,32,38-39H,6,8,14,22-23H2,(H,40,42)/t32-/m0/s1. The van der Waals surface area contributed by atoms with Crippen molar-refractivity contribution in [3.05, 3.63) is 138 Å². The van der Waals surface area contributed by atoms with Gasteiger partial charge in [0, 0.05) is 47.3 Å². The third-order valence-corrected chi connectivity index (χ3v) is 8.16. The summed E-state index contributed by atoms with van der Waals surface area (Å²) in [7, 11) is 0. The summed E-state index contributed by atoms with van der Waals surface area (Å²) in [6.07, 6.45) is 7.04. The van der Waals surface area contributed by atoms with E-state index in [4.69, 9.17) is 9.97 Å². The van der Waals surface area contributed by atoms with Gasteiger partial charge in [0.2, 0.25) is 0 Å². The molecule has 3 N–H and O–H groups in total. The highest BCUT2D eigenvalue weighted by molar-refractivity contribution is 6.07. The molecule has 0 fully saturated rings. The van der Waals surface area contributed by atoms with Gasteiger partial charge < -0.3 is 4.98 Å². The number of carbonyl (C=O) groups excluding carboxylic acids is 1. The van der Waals surface area contributed by atoms with E-state index in [1.807, 2.05) is 73.1 Å². The summed E-state index contributed by atoms with van der Waals surface area (Å²) in [5.74, 6) is -0.178. The van der Waals surface area contributed by atoms with Gasteiger partial charge in [0.1, 0.15) is 0 Å². The predicted octanol–water partition coefficient (Wildman–Crippen LogP) is 6.95. The number of nitrogens with one attached hydrogen (secondary N) is 3. The van der Waals surface area contributed by atoms with Gasteiger partial charge in [-0.05, 0) is 72.9 Å². The van der Waals surface area contributed by atoms with E-state index < -0.39 is 0 Å². The van der Waals surface area contributed by atoms with Crippen molar-refractivity contribution in [1.29, 1.82) is 0 Å². The van der Waals surface area contributed by atoms with Crippen molar-refractivity contribution in [3.8, 4) is 0 Å². The zero-order chi connectivity index (χ0) is 28.3. The van der Waals surface area contributed by atoms with Crippen LogP contribution in [-0.2, 0) is 19.5 Å². The lowest BCUT2D eigenvalue weighted by molar-refractivity contribution is 0.0962. The summed E-state index contributed by atoms with van der Waals surface area (Å²) >= 11 is 0. The molecule has 0 aliphatic heterocycles. The first-order valence-corrected chi connectivity index (χ1v) is 14.5. The fourth-order valence-corrected chi connectivity index (χ4v) is 6.08. The Morgan fingerprint density at radius 2 is 1.67 bits per heavy atom. The normalized spacial score (nSPS) is 14.6. The molecule has 0 saturated heterocycles. The molecule has 1 aliphatic rings. The Balaban J connectivity index is 1.17. The molecule has 7 heteroatoms. The number of para-hydroxylation sites is 2. The van der Waals surface area contributed by atoms with E-state index in [0.717, 1.165) is 52.9 Å². The second-order valence-electron chi connectivity index (χ2n) is 10.9. The third kappa shape index (κ3) is 5.22. The molecule has 0 bridgehead atoms. The lowest BCUT2D eigenvalue weighted by Crippen LogP contribution is -2.32. The number of hydrogen-bond acceptors (Lipinski definition) is 5. The second kappa shape index (κ2) is 11.5. The lowest BCUT2D eigenvalue weighted by atomic mass is 9.90. The molecule has 3 aromatic carbocycles. The number of aromatic nitrogens is 3. The van der Waals surface area contributed by atoms with E-state index in [9.17, 15) is 4.79 Å². The fraction of sp³-hybridized carbons (Fsp3) is 0.171. The van der Waals surface area contributed by atoms with Crippen molar-refractivity contribution in [2.75, 3.05) is 5.43 Å². The van der Waals surface area contributed by atoms with Crippen LogP contribution < -0.4 is 10.9 Å². The Labute approximate surface area is 244 Å². The number of benzene rings is 3. The molecule has 7 nitrogen and oxygen atoms in total. The maximum Gasteiger partial charge on any atom is 0.269 e. The average molecular weight is 553 g/mol. The number of fused-ring (bicyclic) bond motifs is 4. The Hall–Kier alpha value is -5.01. The second-order valence-corrected chi connectivity index (χ2v) is 10.9. The number of pyridine rings is 2. The monoisotopic (exact) mass is 552 g/mol. The molecule has 6 aromatic rings. The van der Waals surface area contributed by atoms with Crippen LogP contribution in [0.2, 0.25) is 0 Å². The van der Waals surface area contributed by atoms with Gasteiger partial charge in [-0.2, -0.15) is 0 Å². The van der Waals surface area contributed by atoms with Crippen LogP contribution in [0.15, 0.2) is 109 Å². The number of rotatable bonds is 8. The molecule has 208 valence electrons. The highest BCUT2D eigenvalue weighted by Gasteiger charge is 2.28. The minimum absolute atomic E-state index is 0.175. The van der Waals surface area contributed by atoms with Gasteiger partial charge in [-0.25, -0.2) is 0 Å². The smallest absolute Gasteiger partial charge is 0.269 e. The van der Waals surface area contributed by atoms with Crippen molar-refractivity contribution in [3.63, 3.8) is 0 Å². The van der Waals surface area contributed by atoms with Gasteiger partial charge in [-0.15, -0.1) is 0 Å². The molecule has 1 atom stereocenters. The van der Waals surface area contributed by atoms with Gasteiger partial charge in [-0.1, -0.05) is 54.6 Å². The molecule has 7 rings (SSSR count). The van der Waals surface area contributed by atoms with Crippen LogP contribution in [0.3, 0.4) is 0 Å². The summed E-state index contributed by atoms with van der Waals surface area (Å²) < 4.78 is 0. The molecule has 0 radical (unpaired) electrons. The zero-order valence-electron chi connectivity index (χ0n) is 23.3. The first-order valence-electron chi connectivity index (χ1n) is 14.5. The van der Waals surface area contributed by atoms with Crippen molar-refractivity contribution in [1.82, 2.24) is 25.3 Å². The Morgan fingerprint density at radius 1 is 0.833 bits per heavy atom. The highest BCUT2D eigenvalue weighted by atomic mass is 16.2. The van der Waals surface area contributed by atoms with Crippen molar-refractivity contribution in [2.24, 2.45) is 0 Å². The molecular weight excluding hydrogens is 520 g/mol. The average Bonchev–Trinajstić information content (AvgIpc) is 3.44. The van der Waals surface area contributed by atoms with Crippen LogP contribution in [0.1, 0.15) is 51.8 Å². The third-order valence-electron chi connectivity index (χ3n) is 8.16. The van der Waals surface area contributed by atoms with Gasteiger partial charge in [0.25, 0.3) is 5.91 Å². The number of aromatic amines is 1. The zero-order valence-corrected chi connectivity index (χ0v) is 23.3. The van der Waals surface area contributed by atoms with Crippen LogP contribution in [0.4, 0.5) is 5.69 Å². The molecule has 42 heavy (non-hydrogen) atoms. The van der Waals surface area contributed by atoms with Crippen molar-refractivity contribution in [2.45, 2.75) is 38.4 Å². The number of aryl methyl sites for hydroxylation is 1. The summed E-state index contributed by atoms with van der Waals surface area (Å²) in [5.41, 5.74) is 14.0. The molecule has 1 aliphatic carbocycles. The maximum atomic E-state index is 12.8. The van der Waals surface area contributed by atoms with Crippen LogP contribution in [0, 0.1) is 0 Å². The highest BCUT2D eigenvalue weighted by Crippen LogP contribution is 2.36. The number of hydrazine groups is 1. The van der Waals surface area contributed by atoms with E-state index in [1.165, 1.54) is 16.3 Å². The molecule has 0 spiro atoms. The lowest BCUT2D eigenvalue weighted by Gasteiger charge is -2.35. The first kappa shape index (κ1) is 25.9. The summed E-state index contributed by atoms with van der Waals surface area (Å²) in [5, 5.41) is 2.40. The van der Waals surface area contributed by atoms with E-state index in [0.29, 0.717) is 18.7 Å².